The number of aromatic nitrogens is 2. The lowest BCUT2D eigenvalue weighted by Gasteiger charge is -2.36. The highest BCUT2D eigenvalue weighted by atomic mass is 32.2. The number of amides is 1. The number of hydrogen-bond donors (Lipinski definition) is 2. The van der Waals surface area contributed by atoms with Crippen LogP contribution >= 0.6 is 0 Å². The standard InChI is InChI=1S/C21H27N5O3S/c1-13(2)16-10-9-15(19(23-16)26-12-11-14(3)21(26,4)5)20(27)25-30(28,29)18-8-6-7-17(22)24-18/h6-10,14H,1,11-12H2,2-5H3,(H2,22,24)(H,25,27). The molecule has 3 N–H and O–H groups in total. The van der Waals surface area contributed by atoms with E-state index in [2.05, 4.69) is 46.9 Å². The van der Waals surface area contributed by atoms with Gasteiger partial charge in [-0.3, -0.25) is 4.79 Å². The van der Waals surface area contributed by atoms with E-state index in [4.69, 9.17) is 5.73 Å². The third-order valence-corrected chi connectivity index (χ3v) is 6.98. The van der Waals surface area contributed by atoms with Gasteiger partial charge in [0.15, 0.2) is 5.03 Å². The van der Waals surface area contributed by atoms with Gasteiger partial charge >= 0.3 is 0 Å². The lowest BCUT2D eigenvalue weighted by atomic mass is 9.90. The minimum Gasteiger partial charge on any atom is -0.384 e. The van der Waals surface area contributed by atoms with Gasteiger partial charge in [-0.05, 0) is 62.9 Å². The molecule has 30 heavy (non-hydrogen) atoms. The van der Waals surface area contributed by atoms with E-state index in [9.17, 15) is 13.2 Å². The lowest BCUT2D eigenvalue weighted by Crippen LogP contribution is -2.44. The summed E-state index contributed by atoms with van der Waals surface area (Å²) < 4.78 is 27.4. The molecule has 1 aliphatic heterocycles. The Hall–Kier alpha value is -2.94. The molecule has 0 bridgehead atoms. The number of pyridine rings is 2. The third kappa shape index (κ3) is 4.02. The van der Waals surface area contributed by atoms with Crippen LogP contribution in [0, 0.1) is 5.92 Å². The second-order valence-electron chi connectivity index (χ2n) is 8.18. The number of allylic oxidation sites excluding steroid dienone is 1. The summed E-state index contributed by atoms with van der Waals surface area (Å²) in [6.07, 6.45) is 0.943. The van der Waals surface area contributed by atoms with Crippen LogP contribution in [0.1, 0.15) is 50.2 Å². The van der Waals surface area contributed by atoms with Crippen LogP contribution in [-0.2, 0) is 10.0 Å². The zero-order chi connectivity index (χ0) is 22.3. The molecule has 8 nitrogen and oxygen atoms in total. The van der Waals surface area contributed by atoms with Gasteiger partial charge < -0.3 is 10.6 Å². The molecule has 160 valence electrons. The van der Waals surface area contributed by atoms with E-state index in [0.717, 1.165) is 12.0 Å². The maximum Gasteiger partial charge on any atom is 0.281 e. The molecule has 0 aliphatic carbocycles. The maximum absolute atomic E-state index is 13.0. The molecule has 2 aromatic heterocycles. The Bertz CT molecular complexity index is 1110. The van der Waals surface area contributed by atoms with Gasteiger partial charge in [0.1, 0.15) is 11.6 Å². The molecule has 1 atom stereocenters. The van der Waals surface area contributed by atoms with Crippen molar-refractivity contribution in [3.05, 3.63) is 48.2 Å². The zero-order valence-corrected chi connectivity index (χ0v) is 18.5. The molecule has 0 saturated carbocycles. The van der Waals surface area contributed by atoms with Crippen molar-refractivity contribution in [2.24, 2.45) is 5.92 Å². The summed E-state index contributed by atoms with van der Waals surface area (Å²) in [5, 5.41) is -0.320. The van der Waals surface area contributed by atoms with Crippen LogP contribution in [0.3, 0.4) is 0 Å². The molecule has 1 fully saturated rings. The number of hydrogen-bond acceptors (Lipinski definition) is 7. The number of nitrogen functional groups attached to an aromatic ring is 1. The Morgan fingerprint density at radius 2 is 1.97 bits per heavy atom. The fourth-order valence-corrected chi connectivity index (χ4v) is 4.43. The lowest BCUT2D eigenvalue weighted by molar-refractivity contribution is 0.0981. The van der Waals surface area contributed by atoms with Gasteiger partial charge in [-0.2, -0.15) is 8.42 Å². The minimum absolute atomic E-state index is 0.0475. The first-order chi connectivity index (χ1) is 13.9. The molecule has 1 unspecified atom stereocenters. The average molecular weight is 430 g/mol. The van der Waals surface area contributed by atoms with Crippen LogP contribution in [0.2, 0.25) is 0 Å². The third-order valence-electron chi connectivity index (χ3n) is 5.75. The SMILES string of the molecule is C=C(C)c1ccc(C(=O)NS(=O)(=O)c2cccc(N)n2)c(N2CCC(C)C2(C)C)n1. The van der Waals surface area contributed by atoms with Gasteiger partial charge in [0.2, 0.25) is 0 Å². The second kappa shape index (κ2) is 7.71. The number of nitrogens with one attached hydrogen (secondary N) is 1. The summed E-state index contributed by atoms with van der Waals surface area (Å²) in [5.41, 5.74) is 6.91. The van der Waals surface area contributed by atoms with Gasteiger partial charge in [0.05, 0.1) is 11.3 Å². The van der Waals surface area contributed by atoms with Gasteiger partial charge in [-0.1, -0.05) is 19.6 Å². The Morgan fingerprint density at radius 3 is 2.53 bits per heavy atom. The molecule has 1 saturated heterocycles. The second-order valence-corrected chi connectivity index (χ2v) is 9.81. The summed E-state index contributed by atoms with van der Waals surface area (Å²) in [7, 11) is -4.19. The predicted molar refractivity (Wildman–Crippen MR) is 117 cm³/mol. The first-order valence-corrected chi connectivity index (χ1v) is 11.2. The maximum atomic E-state index is 13.0. The van der Waals surface area contributed by atoms with E-state index in [-0.39, 0.29) is 21.9 Å². The van der Waals surface area contributed by atoms with Crippen LogP contribution in [0.5, 0.6) is 0 Å². The predicted octanol–water partition coefficient (Wildman–Crippen LogP) is 2.84. The van der Waals surface area contributed by atoms with Crippen molar-refractivity contribution in [3.8, 4) is 0 Å². The fourth-order valence-electron chi connectivity index (χ4n) is 3.49. The molecular weight excluding hydrogens is 402 g/mol. The van der Waals surface area contributed by atoms with E-state index in [1.54, 1.807) is 12.1 Å². The number of nitrogens with two attached hydrogens (primary N) is 1. The molecule has 1 amide bonds. The van der Waals surface area contributed by atoms with Crippen molar-refractivity contribution >= 4 is 33.1 Å². The van der Waals surface area contributed by atoms with E-state index >= 15 is 0 Å². The first kappa shape index (κ1) is 21.8. The van der Waals surface area contributed by atoms with Crippen LogP contribution in [0.4, 0.5) is 11.6 Å². The Morgan fingerprint density at radius 1 is 1.27 bits per heavy atom. The highest BCUT2D eigenvalue weighted by Crippen LogP contribution is 2.39. The van der Waals surface area contributed by atoms with E-state index in [0.29, 0.717) is 24.0 Å². The van der Waals surface area contributed by atoms with Crippen molar-refractivity contribution in [2.75, 3.05) is 17.2 Å². The zero-order valence-electron chi connectivity index (χ0n) is 17.6. The van der Waals surface area contributed by atoms with Crippen LogP contribution in [-0.4, -0.2) is 36.4 Å². The monoisotopic (exact) mass is 429 g/mol. The number of carbonyl (C=O) groups is 1. The molecule has 2 aromatic rings. The van der Waals surface area contributed by atoms with Crippen molar-refractivity contribution in [3.63, 3.8) is 0 Å². The Kier molecular flexibility index (Phi) is 5.60. The first-order valence-electron chi connectivity index (χ1n) is 9.67. The van der Waals surface area contributed by atoms with Crippen molar-refractivity contribution in [1.82, 2.24) is 14.7 Å². The Balaban J connectivity index is 2.03. The number of rotatable bonds is 5. The molecule has 3 heterocycles. The van der Waals surface area contributed by atoms with Gasteiger partial charge in [-0.15, -0.1) is 0 Å². The number of carbonyl (C=O) groups excluding carboxylic acids is 1. The summed E-state index contributed by atoms with van der Waals surface area (Å²) >= 11 is 0. The van der Waals surface area contributed by atoms with Gasteiger partial charge in [0.25, 0.3) is 15.9 Å². The molecule has 1 aliphatic rings. The smallest absolute Gasteiger partial charge is 0.281 e. The largest absolute Gasteiger partial charge is 0.384 e. The quantitative estimate of drug-likeness (QED) is 0.750. The number of nitrogens with zero attached hydrogens (tertiary/aromatic N) is 3. The normalized spacial score (nSPS) is 18.3. The Labute approximate surface area is 177 Å². The highest BCUT2D eigenvalue weighted by Gasteiger charge is 2.41. The van der Waals surface area contributed by atoms with Crippen LogP contribution < -0.4 is 15.4 Å². The van der Waals surface area contributed by atoms with E-state index in [1.165, 1.54) is 18.2 Å². The van der Waals surface area contributed by atoms with Crippen LogP contribution in [0.25, 0.3) is 5.57 Å². The number of anilines is 2. The van der Waals surface area contributed by atoms with Crippen molar-refractivity contribution in [1.29, 1.82) is 0 Å². The van der Waals surface area contributed by atoms with Crippen molar-refractivity contribution < 1.29 is 13.2 Å². The summed E-state index contributed by atoms with van der Waals surface area (Å²) in [6, 6.07) is 7.46. The molecular formula is C21H27N5O3S. The minimum atomic E-state index is -4.19. The average Bonchev–Trinajstić information content (AvgIpc) is 2.93. The topological polar surface area (TPSA) is 118 Å². The molecule has 9 heteroatoms. The highest BCUT2D eigenvalue weighted by molar-refractivity contribution is 7.90. The van der Waals surface area contributed by atoms with E-state index in [1.807, 2.05) is 6.92 Å². The molecule has 0 spiro atoms. The van der Waals surface area contributed by atoms with Crippen molar-refractivity contribution in [2.45, 2.75) is 44.7 Å². The summed E-state index contributed by atoms with van der Waals surface area (Å²) in [4.78, 5) is 23.5. The summed E-state index contributed by atoms with van der Waals surface area (Å²) in [5.74, 6) is 0.0960. The van der Waals surface area contributed by atoms with Crippen LogP contribution in [0.15, 0.2) is 41.9 Å². The molecule has 3 rings (SSSR count). The van der Waals surface area contributed by atoms with Gasteiger partial charge in [0, 0.05) is 12.1 Å². The molecule has 0 radical (unpaired) electrons. The summed E-state index contributed by atoms with van der Waals surface area (Å²) in [6.45, 7) is 12.8. The molecule has 0 aromatic carbocycles. The van der Waals surface area contributed by atoms with E-state index < -0.39 is 15.9 Å². The number of sulfonamides is 1. The van der Waals surface area contributed by atoms with Gasteiger partial charge in [-0.25, -0.2) is 14.7 Å². The fraction of sp³-hybridized carbons (Fsp3) is 0.381.